The summed E-state index contributed by atoms with van der Waals surface area (Å²) in [5.74, 6) is 5.26. The molecule has 2 aromatic heterocycles. The second kappa shape index (κ2) is 8.88. The first-order chi connectivity index (χ1) is 17.3. The van der Waals surface area contributed by atoms with Crippen molar-refractivity contribution in [1.29, 1.82) is 0 Å². The van der Waals surface area contributed by atoms with E-state index in [0.29, 0.717) is 47.1 Å². The molecule has 0 bridgehead atoms. The van der Waals surface area contributed by atoms with Gasteiger partial charge in [-0.25, -0.2) is 0 Å². The van der Waals surface area contributed by atoms with Gasteiger partial charge in [0.2, 0.25) is 0 Å². The van der Waals surface area contributed by atoms with Crippen LogP contribution in [0.3, 0.4) is 0 Å². The molecule has 5 heteroatoms. The molecule has 5 aliphatic rings. The van der Waals surface area contributed by atoms with Crippen LogP contribution >= 0.6 is 38.6 Å². The van der Waals surface area contributed by atoms with E-state index in [-0.39, 0.29) is 23.7 Å². The first-order valence-electron chi connectivity index (χ1n) is 14.2. The fourth-order valence-electron chi connectivity index (χ4n) is 9.89. The van der Waals surface area contributed by atoms with E-state index in [4.69, 9.17) is 0 Å². The maximum absolute atomic E-state index is 13.9. The molecule has 0 amide bonds. The lowest BCUT2D eigenvalue weighted by Crippen LogP contribution is -2.35. The highest BCUT2D eigenvalue weighted by molar-refractivity contribution is 9.11. The SMILES string of the molecule is Cc1cc(C)c(C2CCC3C(C2)C(=O)C2CC4C(CC23)C(=O)C2CC(c3sc(Br)cc3C)CCC24)s1. The van der Waals surface area contributed by atoms with Gasteiger partial charge in [-0.3, -0.25) is 9.59 Å². The Bertz CT molecular complexity index is 1130. The van der Waals surface area contributed by atoms with Crippen LogP contribution < -0.4 is 0 Å². The van der Waals surface area contributed by atoms with Crippen LogP contribution in [0.4, 0.5) is 0 Å². The number of hydrogen-bond donors (Lipinski definition) is 0. The lowest BCUT2D eigenvalue weighted by Gasteiger charge is -2.40. The van der Waals surface area contributed by atoms with Crippen LogP contribution in [0, 0.1) is 68.1 Å². The minimum Gasteiger partial charge on any atom is -0.299 e. The van der Waals surface area contributed by atoms with Gasteiger partial charge in [-0.15, -0.1) is 22.7 Å². The molecule has 10 atom stereocenters. The number of ketones is 2. The van der Waals surface area contributed by atoms with Gasteiger partial charge in [0.05, 0.1) is 3.79 Å². The van der Waals surface area contributed by atoms with Gasteiger partial charge in [0.15, 0.2) is 0 Å². The van der Waals surface area contributed by atoms with E-state index in [1.54, 1.807) is 0 Å². The maximum atomic E-state index is 13.9. The highest BCUT2D eigenvalue weighted by atomic mass is 79.9. The third-order valence-corrected chi connectivity index (χ3v) is 14.4. The van der Waals surface area contributed by atoms with Gasteiger partial charge in [0.1, 0.15) is 11.6 Å². The molecular formula is C31H37BrO2S2. The van der Waals surface area contributed by atoms with Crippen LogP contribution in [0.25, 0.3) is 0 Å². The zero-order chi connectivity index (χ0) is 24.9. The molecular weight excluding hydrogens is 548 g/mol. The minimum atomic E-state index is 0.239. The van der Waals surface area contributed by atoms with Crippen molar-refractivity contribution in [3.63, 3.8) is 0 Å². The van der Waals surface area contributed by atoms with E-state index in [0.717, 1.165) is 25.7 Å². The first-order valence-corrected chi connectivity index (χ1v) is 16.6. The summed E-state index contributed by atoms with van der Waals surface area (Å²) in [6, 6.07) is 4.56. The molecule has 7 rings (SSSR count). The van der Waals surface area contributed by atoms with E-state index < -0.39 is 0 Å². The summed E-state index contributed by atoms with van der Waals surface area (Å²) in [5.41, 5.74) is 2.81. The van der Waals surface area contributed by atoms with Gasteiger partial charge >= 0.3 is 0 Å². The van der Waals surface area contributed by atoms with Crippen molar-refractivity contribution < 1.29 is 9.59 Å². The minimum absolute atomic E-state index is 0.239. The maximum Gasteiger partial charge on any atom is 0.139 e. The van der Waals surface area contributed by atoms with Crippen LogP contribution in [0.1, 0.15) is 89.0 Å². The quantitative estimate of drug-likeness (QED) is 0.354. The third kappa shape index (κ3) is 3.65. The molecule has 2 heterocycles. The van der Waals surface area contributed by atoms with Gasteiger partial charge in [0, 0.05) is 38.3 Å². The van der Waals surface area contributed by atoms with Crippen LogP contribution in [0.15, 0.2) is 15.9 Å². The molecule has 5 fully saturated rings. The average Bonchev–Trinajstić information content (AvgIpc) is 3.55. The predicted molar refractivity (Wildman–Crippen MR) is 151 cm³/mol. The van der Waals surface area contributed by atoms with E-state index in [2.05, 4.69) is 48.8 Å². The molecule has 36 heavy (non-hydrogen) atoms. The van der Waals surface area contributed by atoms with Gasteiger partial charge in [0.25, 0.3) is 0 Å². The molecule has 0 spiro atoms. The number of halogens is 1. The van der Waals surface area contributed by atoms with Crippen LogP contribution in [-0.2, 0) is 9.59 Å². The Balaban J connectivity index is 1.09. The van der Waals surface area contributed by atoms with Crippen molar-refractivity contribution in [1.82, 2.24) is 0 Å². The molecule has 2 nitrogen and oxygen atoms in total. The summed E-state index contributed by atoms with van der Waals surface area (Å²) in [7, 11) is 0. The standard InChI is InChI=1S/C31H37BrO2S2/c1-14-8-16(3)35-30(14)17-4-6-19-21-12-26-22(13-25(21)28(33)23(19)10-17)20-7-5-18(11-24(20)29(26)34)31-15(2)9-27(32)36-31/h8-9,17-26H,4-7,10-13H2,1-3H3. The Labute approximate surface area is 231 Å². The summed E-state index contributed by atoms with van der Waals surface area (Å²) in [6.45, 7) is 6.68. The molecule has 0 aromatic carbocycles. The molecule has 0 aliphatic heterocycles. The summed E-state index contributed by atoms with van der Waals surface area (Å²) in [6.07, 6.45) is 8.93. The molecule has 0 saturated heterocycles. The van der Waals surface area contributed by atoms with Crippen molar-refractivity contribution in [2.45, 2.75) is 84.0 Å². The highest BCUT2D eigenvalue weighted by Gasteiger charge is 2.61. The molecule has 192 valence electrons. The Morgan fingerprint density at radius 3 is 1.56 bits per heavy atom. The van der Waals surface area contributed by atoms with Crippen LogP contribution in [0.5, 0.6) is 0 Å². The number of carbonyl (C=O) groups is 2. The summed E-state index contributed by atoms with van der Waals surface area (Å²) in [5, 5.41) is 0. The number of rotatable bonds is 2. The first kappa shape index (κ1) is 24.3. The molecule has 5 saturated carbocycles. The topological polar surface area (TPSA) is 34.1 Å². The Morgan fingerprint density at radius 1 is 0.639 bits per heavy atom. The third-order valence-electron chi connectivity index (χ3n) is 11.2. The van der Waals surface area contributed by atoms with Crippen molar-refractivity contribution in [2.24, 2.45) is 47.3 Å². The van der Waals surface area contributed by atoms with E-state index in [1.807, 2.05) is 22.7 Å². The monoisotopic (exact) mass is 584 g/mol. The van der Waals surface area contributed by atoms with E-state index >= 15 is 0 Å². The number of thiophene rings is 2. The number of aryl methyl sites for hydroxylation is 3. The molecule has 2 aromatic rings. The largest absolute Gasteiger partial charge is 0.299 e. The average molecular weight is 586 g/mol. The molecule has 10 unspecified atom stereocenters. The summed E-state index contributed by atoms with van der Waals surface area (Å²) >= 11 is 7.49. The van der Waals surface area contributed by atoms with Gasteiger partial charge < -0.3 is 0 Å². The Morgan fingerprint density at radius 2 is 1.11 bits per heavy atom. The van der Waals surface area contributed by atoms with Crippen molar-refractivity contribution >= 4 is 50.2 Å². The molecule has 0 radical (unpaired) electrons. The van der Waals surface area contributed by atoms with Gasteiger partial charge in [-0.05, 0) is 147 Å². The summed E-state index contributed by atoms with van der Waals surface area (Å²) in [4.78, 5) is 32.1. The molecule has 0 N–H and O–H groups in total. The fraction of sp³-hybridized carbons (Fsp3) is 0.677. The predicted octanol–water partition coefficient (Wildman–Crippen LogP) is 8.62. The Kier molecular flexibility index (Phi) is 5.99. The van der Waals surface area contributed by atoms with Crippen molar-refractivity contribution in [2.75, 3.05) is 0 Å². The smallest absolute Gasteiger partial charge is 0.139 e. The van der Waals surface area contributed by atoms with E-state index in [1.165, 1.54) is 55.2 Å². The van der Waals surface area contributed by atoms with Crippen LogP contribution in [-0.4, -0.2) is 11.6 Å². The lowest BCUT2D eigenvalue weighted by atomic mass is 9.64. The van der Waals surface area contributed by atoms with Gasteiger partial charge in [-0.1, -0.05) is 0 Å². The fourth-order valence-corrected chi connectivity index (χ4v) is 13.0. The number of carbonyl (C=O) groups excluding carboxylic acids is 2. The highest BCUT2D eigenvalue weighted by Crippen LogP contribution is 2.63. The summed E-state index contributed by atoms with van der Waals surface area (Å²) < 4.78 is 1.21. The zero-order valence-corrected chi connectivity index (χ0v) is 24.8. The van der Waals surface area contributed by atoms with Crippen molar-refractivity contribution in [3.05, 3.63) is 41.7 Å². The normalized spacial score (nSPS) is 41.7. The number of fused-ring (bicyclic) bond motifs is 6. The number of Topliss-reactive ketones (excluding diaryl/α,β-unsaturated/α-hetero) is 2. The lowest BCUT2D eigenvalue weighted by molar-refractivity contribution is -0.129. The Hall–Kier alpha value is -0.780. The van der Waals surface area contributed by atoms with E-state index in [9.17, 15) is 9.59 Å². The number of hydrogen-bond acceptors (Lipinski definition) is 4. The zero-order valence-electron chi connectivity index (χ0n) is 21.6. The second-order valence-electron chi connectivity index (χ2n) is 12.9. The molecule has 5 aliphatic carbocycles. The van der Waals surface area contributed by atoms with Gasteiger partial charge in [-0.2, -0.15) is 0 Å². The van der Waals surface area contributed by atoms with Crippen LogP contribution in [0.2, 0.25) is 0 Å². The van der Waals surface area contributed by atoms with Crippen molar-refractivity contribution in [3.8, 4) is 0 Å². The second-order valence-corrected chi connectivity index (χ2v) is 16.6.